The van der Waals surface area contributed by atoms with Crippen molar-refractivity contribution >= 4 is 26.7 Å². The zero-order valence-corrected chi connectivity index (χ0v) is 18.7. The van der Waals surface area contributed by atoms with Crippen molar-refractivity contribution in [3.8, 4) is 22.7 Å². The Hall–Kier alpha value is -3.45. The van der Waals surface area contributed by atoms with Crippen LogP contribution >= 0.6 is 15.9 Å². The van der Waals surface area contributed by atoms with Crippen molar-refractivity contribution in [2.24, 2.45) is 0 Å². The average molecular weight is 474 g/mol. The van der Waals surface area contributed by atoms with E-state index in [1.807, 2.05) is 52.8 Å². The van der Waals surface area contributed by atoms with Crippen LogP contribution in [0.1, 0.15) is 11.3 Å². The van der Waals surface area contributed by atoms with Gasteiger partial charge in [-0.2, -0.15) is 0 Å². The minimum Gasteiger partial charge on any atom is -0.495 e. The molecule has 2 aromatic heterocycles. The Morgan fingerprint density at radius 1 is 1.00 bits per heavy atom. The summed E-state index contributed by atoms with van der Waals surface area (Å²) in [5.41, 5.74) is 4.83. The van der Waals surface area contributed by atoms with Crippen LogP contribution in [0.5, 0.6) is 5.75 Å². The van der Waals surface area contributed by atoms with Gasteiger partial charge in [-0.3, -0.25) is 0 Å². The van der Waals surface area contributed by atoms with Crippen LogP contribution in [0.2, 0.25) is 0 Å². The summed E-state index contributed by atoms with van der Waals surface area (Å²) in [7, 11) is 1.67. The van der Waals surface area contributed by atoms with Gasteiger partial charge in [0.25, 0.3) is 0 Å². The van der Waals surface area contributed by atoms with Crippen molar-refractivity contribution in [3.05, 3.63) is 89.0 Å². The molecule has 0 fully saturated rings. The zero-order valence-electron chi connectivity index (χ0n) is 17.2. The summed E-state index contributed by atoms with van der Waals surface area (Å²) in [6, 6.07) is 18.6. The van der Waals surface area contributed by atoms with Crippen LogP contribution in [0.3, 0.4) is 0 Å². The molecule has 0 aliphatic carbocycles. The number of aromatic nitrogens is 5. The van der Waals surface area contributed by atoms with E-state index in [9.17, 15) is 0 Å². The fourth-order valence-electron chi connectivity index (χ4n) is 3.75. The molecular weight excluding hydrogens is 454 g/mol. The highest BCUT2D eigenvalue weighted by Crippen LogP contribution is 2.30. The molecule has 154 valence electrons. The summed E-state index contributed by atoms with van der Waals surface area (Å²) in [4.78, 5) is 4.30. The minimum atomic E-state index is 0.643. The number of hydrogen-bond donors (Lipinski definition) is 0. The topological polar surface area (TPSA) is 57.8 Å². The Bertz CT molecular complexity index is 1390. The molecule has 31 heavy (non-hydrogen) atoms. The molecule has 7 heteroatoms. The molecule has 0 N–H and O–H groups in total. The molecule has 0 radical (unpaired) electrons. The SMILES string of the molecule is COc1cc(-c2cn(Cc3ccc(Br)c4ccccc34)nn2)ccc1-n1cnc(C)c1. The fourth-order valence-corrected chi connectivity index (χ4v) is 4.23. The van der Waals surface area contributed by atoms with Gasteiger partial charge < -0.3 is 9.30 Å². The molecule has 0 spiro atoms. The van der Waals surface area contributed by atoms with Crippen molar-refractivity contribution in [1.29, 1.82) is 0 Å². The average Bonchev–Trinajstić information content (AvgIpc) is 3.44. The number of hydrogen-bond acceptors (Lipinski definition) is 4. The number of methoxy groups -OCH3 is 1. The van der Waals surface area contributed by atoms with E-state index in [4.69, 9.17) is 4.74 Å². The number of halogens is 1. The van der Waals surface area contributed by atoms with Crippen LogP contribution in [0.4, 0.5) is 0 Å². The second-order valence-electron chi connectivity index (χ2n) is 7.36. The van der Waals surface area contributed by atoms with Gasteiger partial charge in [-0.15, -0.1) is 5.10 Å². The van der Waals surface area contributed by atoms with E-state index < -0.39 is 0 Å². The summed E-state index contributed by atoms with van der Waals surface area (Å²) in [5.74, 6) is 0.753. The molecule has 5 rings (SSSR count). The predicted octanol–water partition coefficient (Wildman–Crippen LogP) is 5.41. The first kappa shape index (κ1) is 19.5. The summed E-state index contributed by atoms with van der Waals surface area (Å²) in [6.07, 6.45) is 5.72. The predicted molar refractivity (Wildman–Crippen MR) is 125 cm³/mol. The number of fused-ring (bicyclic) bond motifs is 1. The first-order valence-corrected chi connectivity index (χ1v) is 10.7. The maximum Gasteiger partial charge on any atom is 0.143 e. The Morgan fingerprint density at radius 3 is 2.61 bits per heavy atom. The highest BCUT2D eigenvalue weighted by atomic mass is 79.9. The number of rotatable bonds is 5. The van der Waals surface area contributed by atoms with Crippen LogP contribution in [0, 0.1) is 6.92 Å². The van der Waals surface area contributed by atoms with Crippen LogP contribution in [-0.4, -0.2) is 31.7 Å². The third-order valence-corrected chi connectivity index (χ3v) is 5.99. The van der Waals surface area contributed by atoms with Crippen LogP contribution in [-0.2, 0) is 6.54 Å². The largest absolute Gasteiger partial charge is 0.495 e. The maximum absolute atomic E-state index is 5.62. The van der Waals surface area contributed by atoms with Crippen molar-refractivity contribution in [2.75, 3.05) is 7.11 Å². The van der Waals surface area contributed by atoms with Crippen LogP contribution in [0.25, 0.3) is 27.7 Å². The lowest BCUT2D eigenvalue weighted by Gasteiger charge is -2.10. The fraction of sp³-hybridized carbons (Fsp3) is 0.125. The quantitative estimate of drug-likeness (QED) is 0.342. The highest BCUT2D eigenvalue weighted by Gasteiger charge is 2.12. The van der Waals surface area contributed by atoms with Crippen LogP contribution < -0.4 is 4.74 Å². The zero-order chi connectivity index (χ0) is 21.4. The van der Waals surface area contributed by atoms with E-state index in [0.717, 1.165) is 32.9 Å². The lowest BCUT2D eigenvalue weighted by atomic mass is 10.0. The number of nitrogens with zero attached hydrogens (tertiary/aromatic N) is 5. The van der Waals surface area contributed by atoms with Gasteiger partial charge in [0, 0.05) is 16.2 Å². The Labute approximate surface area is 188 Å². The lowest BCUT2D eigenvalue weighted by molar-refractivity contribution is 0.413. The molecule has 0 unspecified atom stereocenters. The van der Waals surface area contributed by atoms with E-state index in [1.165, 1.54) is 16.3 Å². The van der Waals surface area contributed by atoms with Crippen molar-refractivity contribution in [2.45, 2.75) is 13.5 Å². The maximum atomic E-state index is 5.62. The van der Waals surface area contributed by atoms with Gasteiger partial charge in [0.15, 0.2) is 0 Å². The van der Waals surface area contributed by atoms with Gasteiger partial charge in [-0.25, -0.2) is 9.67 Å². The van der Waals surface area contributed by atoms with Crippen molar-refractivity contribution in [1.82, 2.24) is 24.5 Å². The molecule has 5 aromatic rings. The highest BCUT2D eigenvalue weighted by molar-refractivity contribution is 9.10. The molecule has 2 heterocycles. The van der Waals surface area contributed by atoms with Crippen molar-refractivity contribution in [3.63, 3.8) is 0 Å². The Balaban J connectivity index is 1.45. The first-order valence-electron chi connectivity index (χ1n) is 9.88. The Morgan fingerprint density at radius 2 is 1.84 bits per heavy atom. The van der Waals surface area contributed by atoms with E-state index in [2.05, 4.69) is 61.6 Å². The van der Waals surface area contributed by atoms with Crippen molar-refractivity contribution < 1.29 is 4.74 Å². The normalized spacial score (nSPS) is 11.2. The molecule has 0 aliphatic rings. The summed E-state index contributed by atoms with van der Waals surface area (Å²) >= 11 is 3.64. The second-order valence-corrected chi connectivity index (χ2v) is 8.22. The lowest BCUT2D eigenvalue weighted by Crippen LogP contribution is -2.01. The summed E-state index contributed by atoms with van der Waals surface area (Å²) in [5, 5.41) is 11.1. The molecular formula is C24H20BrN5O. The number of aryl methyl sites for hydroxylation is 1. The molecule has 0 aliphatic heterocycles. The summed E-state index contributed by atoms with van der Waals surface area (Å²) in [6.45, 7) is 2.61. The molecule has 0 atom stereocenters. The van der Waals surface area contributed by atoms with Gasteiger partial charge in [0.2, 0.25) is 0 Å². The summed E-state index contributed by atoms with van der Waals surface area (Å²) < 4.78 is 10.5. The van der Waals surface area contributed by atoms with Gasteiger partial charge in [0.05, 0.1) is 37.6 Å². The molecule has 0 bridgehead atoms. The number of imidazole rings is 1. The van der Waals surface area contributed by atoms with E-state index in [-0.39, 0.29) is 0 Å². The van der Waals surface area contributed by atoms with Gasteiger partial charge in [0.1, 0.15) is 11.4 Å². The third-order valence-electron chi connectivity index (χ3n) is 5.30. The van der Waals surface area contributed by atoms with E-state index in [0.29, 0.717) is 6.54 Å². The second kappa shape index (κ2) is 8.00. The minimum absolute atomic E-state index is 0.643. The van der Waals surface area contributed by atoms with E-state index >= 15 is 0 Å². The molecule has 6 nitrogen and oxygen atoms in total. The van der Waals surface area contributed by atoms with Gasteiger partial charge in [-0.05, 0) is 41.5 Å². The molecule has 0 saturated heterocycles. The van der Waals surface area contributed by atoms with Gasteiger partial charge in [-0.1, -0.05) is 57.5 Å². The third kappa shape index (κ3) is 3.72. The monoisotopic (exact) mass is 473 g/mol. The number of benzene rings is 3. The standard InChI is InChI=1S/C24H20BrN5O/c1-16-12-29(15-26-16)23-10-8-17(11-24(23)31-2)22-14-30(28-27-22)13-18-7-9-21(25)20-6-4-3-5-19(18)20/h3-12,14-15H,13H2,1-2H3. The smallest absolute Gasteiger partial charge is 0.143 e. The Kier molecular flexibility index (Phi) is 5.03. The first-order chi connectivity index (χ1) is 15.1. The molecule has 0 amide bonds. The number of ether oxygens (including phenoxy) is 1. The molecule has 0 saturated carbocycles. The van der Waals surface area contributed by atoms with Crippen LogP contribution in [0.15, 0.2) is 77.8 Å². The van der Waals surface area contributed by atoms with Gasteiger partial charge >= 0.3 is 0 Å². The molecule has 3 aromatic carbocycles. The van der Waals surface area contributed by atoms with E-state index in [1.54, 1.807) is 13.4 Å².